The van der Waals surface area contributed by atoms with Gasteiger partial charge in [0, 0.05) is 37.7 Å². The fourth-order valence-corrected chi connectivity index (χ4v) is 3.22. The number of hydrogen-bond donors (Lipinski definition) is 2. The first-order valence-electron chi connectivity index (χ1n) is 9.20. The van der Waals surface area contributed by atoms with E-state index in [1.807, 2.05) is 36.1 Å². The van der Waals surface area contributed by atoms with Crippen molar-refractivity contribution in [2.24, 2.45) is 5.92 Å². The van der Waals surface area contributed by atoms with E-state index < -0.39 is 0 Å². The second-order valence-corrected chi connectivity index (χ2v) is 7.38. The van der Waals surface area contributed by atoms with Crippen molar-refractivity contribution in [2.45, 2.75) is 26.8 Å². The molecule has 0 unspecified atom stereocenters. The van der Waals surface area contributed by atoms with Crippen LogP contribution in [0.2, 0.25) is 5.02 Å². The molecule has 1 fully saturated rings. The molecule has 0 bridgehead atoms. The molecule has 1 aliphatic heterocycles. The van der Waals surface area contributed by atoms with E-state index in [-0.39, 0.29) is 23.9 Å². The first-order chi connectivity index (χ1) is 12.4. The number of rotatable bonds is 6. The number of benzene rings is 1. The molecule has 0 aromatic heterocycles. The molecule has 0 aliphatic carbocycles. The van der Waals surface area contributed by atoms with Gasteiger partial charge in [-0.1, -0.05) is 37.6 Å². The number of nitrogens with one attached hydrogen (secondary N) is 2. The molecule has 0 radical (unpaired) electrons. The number of carbonyl (C=O) groups excluding carboxylic acids is 2. The average molecular weight is 381 g/mol. The summed E-state index contributed by atoms with van der Waals surface area (Å²) in [5, 5.41) is 6.63. The van der Waals surface area contributed by atoms with Gasteiger partial charge in [0.1, 0.15) is 0 Å². The van der Waals surface area contributed by atoms with Crippen molar-refractivity contribution in [1.82, 2.24) is 20.4 Å². The molecule has 0 spiro atoms. The van der Waals surface area contributed by atoms with Crippen LogP contribution in [-0.2, 0) is 4.79 Å². The number of likely N-dealkylation sites (N-methyl/N-ethyl adjacent to an activating group) is 1. The zero-order valence-electron chi connectivity index (χ0n) is 15.8. The molecule has 1 atom stereocenters. The summed E-state index contributed by atoms with van der Waals surface area (Å²) in [5.41, 5.74) is 1.05. The second kappa shape index (κ2) is 9.78. The van der Waals surface area contributed by atoms with E-state index in [0.29, 0.717) is 44.3 Å². The lowest BCUT2D eigenvalue weighted by molar-refractivity contribution is -0.122. The van der Waals surface area contributed by atoms with Crippen LogP contribution in [0.3, 0.4) is 0 Å². The molecule has 1 saturated heterocycles. The Balaban J connectivity index is 1.88. The highest BCUT2D eigenvalue weighted by molar-refractivity contribution is 6.30. The van der Waals surface area contributed by atoms with Crippen LogP contribution in [0.25, 0.3) is 0 Å². The standard InChI is InChI=1S/C19H29ClN4O2/c1-4-21-17(25)13-23-9-11-24(12-10-23)19(26)22-18(14(2)3)15-5-7-16(20)8-6-15/h5-8,14,18H,4,9-13H2,1-3H3,(H,21,25)(H,22,26)/t18-/m0/s1. The zero-order chi connectivity index (χ0) is 19.1. The van der Waals surface area contributed by atoms with Crippen LogP contribution in [0.4, 0.5) is 4.79 Å². The van der Waals surface area contributed by atoms with Crippen LogP contribution in [0.15, 0.2) is 24.3 Å². The van der Waals surface area contributed by atoms with Crippen molar-refractivity contribution in [3.05, 3.63) is 34.9 Å². The normalized spacial score (nSPS) is 16.4. The third kappa shape index (κ3) is 5.88. The van der Waals surface area contributed by atoms with Gasteiger partial charge in [-0.05, 0) is 30.5 Å². The smallest absolute Gasteiger partial charge is 0.317 e. The Labute approximate surface area is 160 Å². The highest BCUT2D eigenvalue weighted by atomic mass is 35.5. The molecule has 6 nitrogen and oxygen atoms in total. The molecular weight excluding hydrogens is 352 g/mol. The monoisotopic (exact) mass is 380 g/mol. The molecular formula is C19H29ClN4O2. The van der Waals surface area contributed by atoms with Gasteiger partial charge in [-0.3, -0.25) is 9.69 Å². The van der Waals surface area contributed by atoms with Gasteiger partial charge in [-0.2, -0.15) is 0 Å². The second-order valence-electron chi connectivity index (χ2n) is 6.94. The van der Waals surface area contributed by atoms with Crippen molar-refractivity contribution < 1.29 is 9.59 Å². The summed E-state index contributed by atoms with van der Waals surface area (Å²) in [6.07, 6.45) is 0. The lowest BCUT2D eigenvalue weighted by atomic mass is 9.96. The molecule has 26 heavy (non-hydrogen) atoms. The van der Waals surface area contributed by atoms with Crippen molar-refractivity contribution in [3.63, 3.8) is 0 Å². The SMILES string of the molecule is CCNC(=O)CN1CCN(C(=O)N[C@H](c2ccc(Cl)cc2)C(C)C)CC1. The predicted molar refractivity (Wildman–Crippen MR) is 104 cm³/mol. The minimum absolute atomic E-state index is 0.0352. The zero-order valence-corrected chi connectivity index (χ0v) is 16.6. The molecule has 1 heterocycles. The average Bonchev–Trinajstić information content (AvgIpc) is 2.61. The molecule has 1 aliphatic rings. The molecule has 1 aromatic rings. The Morgan fingerprint density at radius 1 is 1.12 bits per heavy atom. The van der Waals surface area contributed by atoms with Crippen LogP contribution in [0, 0.1) is 5.92 Å². The topological polar surface area (TPSA) is 64.7 Å². The quantitative estimate of drug-likeness (QED) is 0.796. The number of amides is 3. The lowest BCUT2D eigenvalue weighted by Crippen LogP contribution is -2.54. The molecule has 2 rings (SSSR count). The number of nitrogens with zero attached hydrogens (tertiary/aromatic N) is 2. The van der Waals surface area contributed by atoms with E-state index >= 15 is 0 Å². The summed E-state index contributed by atoms with van der Waals surface area (Å²) in [7, 11) is 0. The van der Waals surface area contributed by atoms with Gasteiger partial charge in [0.15, 0.2) is 0 Å². The Morgan fingerprint density at radius 2 is 1.73 bits per heavy atom. The van der Waals surface area contributed by atoms with Crippen LogP contribution in [0.5, 0.6) is 0 Å². The first kappa shape index (κ1) is 20.5. The summed E-state index contributed by atoms with van der Waals surface area (Å²) < 4.78 is 0. The van der Waals surface area contributed by atoms with E-state index in [2.05, 4.69) is 29.4 Å². The van der Waals surface area contributed by atoms with Gasteiger partial charge in [-0.15, -0.1) is 0 Å². The molecule has 3 amide bonds. The number of halogens is 1. The van der Waals surface area contributed by atoms with E-state index in [0.717, 1.165) is 5.56 Å². The Kier molecular flexibility index (Phi) is 7.72. The van der Waals surface area contributed by atoms with Crippen molar-refractivity contribution in [1.29, 1.82) is 0 Å². The van der Waals surface area contributed by atoms with Gasteiger partial charge in [0.05, 0.1) is 12.6 Å². The third-order valence-electron chi connectivity index (χ3n) is 4.58. The first-order valence-corrected chi connectivity index (χ1v) is 9.58. The number of carbonyl (C=O) groups is 2. The van der Waals surface area contributed by atoms with Gasteiger partial charge >= 0.3 is 6.03 Å². The Morgan fingerprint density at radius 3 is 2.27 bits per heavy atom. The largest absolute Gasteiger partial charge is 0.355 e. The predicted octanol–water partition coefficient (Wildman–Crippen LogP) is 2.50. The van der Waals surface area contributed by atoms with Crippen molar-refractivity contribution in [3.8, 4) is 0 Å². The van der Waals surface area contributed by atoms with Gasteiger partial charge in [0.25, 0.3) is 0 Å². The van der Waals surface area contributed by atoms with Crippen LogP contribution in [0.1, 0.15) is 32.4 Å². The van der Waals surface area contributed by atoms with Gasteiger partial charge in [-0.25, -0.2) is 4.79 Å². The maximum absolute atomic E-state index is 12.7. The summed E-state index contributed by atoms with van der Waals surface area (Å²) >= 11 is 5.96. The summed E-state index contributed by atoms with van der Waals surface area (Å²) in [4.78, 5) is 28.2. The van der Waals surface area contributed by atoms with Gasteiger partial charge < -0.3 is 15.5 Å². The minimum atomic E-state index is -0.0619. The molecule has 144 valence electrons. The minimum Gasteiger partial charge on any atom is -0.355 e. The van der Waals surface area contributed by atoms with E-state index in [9.17, 15) is 9.59 Å². The van der Waals surface area contributed by atoms with Crippen LogP contribution in [-0.4, -0.2) is 61.0 Å². The van der Waals surface area contributed by atoms with E-state index in [1.165, 1.54) is 0 Å². The fourth-order valence-electron chi connectivity index (χ4n) is 3.09. The fraction of sp³-hybridized carbons (Fsp3) is 0.579. The number of urea groups is 1. The highest BCUT2D eigenvalue weighted by Gasteiger charge is 2.25. The van der Waals surface area contributed by atoms with Crippen LogP contribution >= 0.6 is 11.6 Å². The molecule has 1 aromatic carbocycles. The lowest BCUT2D eigenvalue weighted by Gasteiger charge is -2.35. The Bertz CT molecular complexity index is 598. The summed E-state index contributed by atoms with van der Waals surface area (Å²) in [6, 6.07) is 7.48. The summed E-state index contributed by atoms with van der Waals surface area (Å²) in [5.74, 6) is 0.298. The van der Waals surface area contributed by atoms with E-state index in [4.69, 9.17) is 11.6 Å². The van der Waals surface area contributed by atoms with E-state index in [1.54, 1.807) is 0 Å². The third-order valence-corrected chi connectivity index (χ3v) is 4.83. The number of hydrogen-bond acceptors (Lipinski definition) is 3. The maximum Gasteiger partial charge on any atom is 0.317 e. The highest BCUT2D eigenvalue weighted by Crippen LogP contribution is 2.23. The van der Waals surface area contributed by atoms with Crippen LogP contribution < -0.4 is 10.6 Å². The molecule has 2 N–H and O–H groups in total. The van der Waals surface area contributed by atoms with Crippen molar-refractivity contribution in [2.75, 3.05) is 39.3 Å². The maximum atomic E-state index is 12.7. The molecule has 7 heteroatoms. The Hall–Kier alpha value is -1.79. The molecule has 0 saturated carbocycles. The summed E-state index contributed by atoms with van der Waals surface area (Å²) in [6.45, 7) is 9.77. The van der Waals surface area contributed by atoms with Crippen molar-refractivity contribution >= 4 is 23.5 Å². The number of piperazine rings is 1. The van der Waals surface area contributed by atoms with Gasteiger partial charge in [0.2, 0.25) is 5.91 Å².